The molecule has 1 amide bonds. The maximum atomic E-state index is 12.9. The third-order valence-electron chi connectivity index (χ3n) is 4.83. The van der Waals surface area contributed by atoms with E-state index in [0.29, 0.717) is 11.5 Å². The number of hydrogen-bond donors (Lipinski definition) is 2. The van der Waals surface area contributed by atoms with Crippen molar-refractivity contribution in [2.45, 2.75) is 19.8 Å². The van der Waals surface area contributed by atoms with Crippen molar-refractivity contribution in [3.8, 4) is 17.0 Å². The van der Waals surface area contributed by atoms with Gasteiger partial charge in [0, 0.05) is 18.7 Å². The summed E-state index contributed by atoms with van der Waals surface area (Å²) in [4.78, 5) is 14.9. The zero-order valence-corrected chi connectivity index (χ0v) is 16.1. The van der Waals surface area contributed by atoms with Gasteiger partial charge in [-0.1, -0.05) is 6.92 Å². The van der Waals surface area contributed by atoms with E-state index in [-0.39, 0.29) is 18.3 Å². The van der Waals surface area contributed by atoms with Gasteiger partial charge in [-0.2, -0.15) is 5.10 Å². The van der Waals surface area contributed by atoms with E-state index in [1.54, 1.807) is 13.3 Å². The van der Waals surface area contributed by atoms with Crippen LogP contribution in [0.25, 0.3) is 11.3 Å². The predicted molar refractivity (Wildman–Crippen MR) is 105 cm³/mol. The Balaban J connectivity index is 0.00000243. The molecule has 2 heterocycles. The normalized spacial score (nSPS) is 14.8. The highest BCUT2D eigenvalue weighted by Crippen LogP contribution is 2.26. The molecule has 0 radical (unpaired) electrons. The number of H-pyrrole nitrogens is 1. The summed E-state index contributed by atoms with van der Waals surface area (Å²) in [7, 11) is 1.64. The Morgan fingerprint density at radius 1 is 1.31 bits per heavy atom. The van der Waals surface area contributed by atoms with Crippen molar-refractivity contribution in [1.82, 2.24) is 20.4 Å². The standard InChI is InChI=1S/C19H26N4O2.ClH/c1-3-20-12-14-8-10-23(11-9-14)19(24)17-13-21-22-18(17)15-4-6-16(25-2)7-5-15;/h4-7,13-14,20H,3,8-12H2,1-2H3,(H,21,22);1H. The fourth-order valence-electron chi connectivity index (χ4n) is 3.29. The van der Waals surface area contributed by atoms with Gasteiger partial charge in [-0.25, -0.2) is 0 Å². The number of piperidine rings is 1. The van der Waals surface area contributed by atoms with Gasteiger partial charge in [0.05, 0.1) is 24.6 Å². The van der Waals surface area contributed by atoms with E-state index in [9.17, 15) is 4.79 Å². The molecule has 0 bridgehead atoms. The summed E-state index contributed by atoms with van der Waals surface area (Å²) in [5.41, 5.74) is 2.33. The lowest BCUT2D eigenvalue weighted by Crippen LogP contribution is -2.40. The van der Waals surface area contributed by atoms with Crippen molar-refractivity contribution < 1.29 is 9.53 Å². The van der Waals surface area contributed by atoms with E-state index in [1.165, 1.54) is 0 Å². The van der Waals surface area contributed by atoms with Crippen LogP contribution in [0, 0.1) is 5.92 Å². The highest BCUT2D eigenvalue weighted by molar-refractivity contribution is 5.99. The molecule has 26 heavy (non-hydrogen) atoms. The fraction of sp³-hybridized carbons (Fsp3) is 0.474. The van der Waals surface area contributed by atoms with Gasteiger partial charge in [0.1, 0.15) is 5.75 Å². The number of ether oxygens (including phenoxy) is 1. The number of carbonyl (C=O) groups is 1. The third-order valence-corrected chi connectivity index (χ3v) is 4.83. The van der Waals surface area contributed by atoms with Gasteiger partial charge in [-0.05, 0) is 56.1 Å². The van der Waals surface area contributed by atoms with Crippen LogP contribution in [0.4, 0.5) is 0 Å². The lowest BCUT2D eigenvalue weighted by Gasteiger charge is -2.32. The van der Waals surface area contributed by atoms with Crippen molar-refractivity contribution >= 4 is 18.3 Å². The molecule has 1 aromatic carbocycles. The number of carbonyl (C=O) groups excluding carboxylic acids is 1. The maximum absolute atomic E-state index is 12.9. The van der Waals surface area contributed by atoms with Crippen LogP contribution in [0.1, 0.15) is 30.1 Å². The number of nitrogens with zero attached hydrogens (tertiary/aromatic N) is 2. The molecule has 0 aliphatic carbocycles. The Morgan fingerprint density at radius 3 is 2.62 bits per heavy atom. The predicted octanol–water partition coefficient (Wildman–Crippen LogP) is 2.97. The molecular weight excluding hydrogens is 352 g/mol. The largest absolute Gasteiger partial charge is 0.497 e. The first kappa shape index (κ1) is 20.3. The SMILES string of the molecule is CCNCC1CCN(C(=O)c2cn[nH]c2-c2ccc(OC)cc2)CC1.Cl. The second kappa shape index (κ2) is 9.59. The smallest absolute Gasteiger partial charge is 0.257 e. The molecule has 1 fully saturated rings. The molecule has 0 unspecified atom stereocenters. The molecule has 1 saturated heterocycles. The molecule has 3 rings (SSSR count). The quantitative estimate of drug-likeness (QED) is 0.810. The van der Waals surface area contributed by atoms with Crippen LogP contribution >= 0.6 is 12.4 Å². The van der Waals surface area contributed by atoms with Crippen LogP contribution in [0.5, 0.6) is 5.75 Å². The van der Waals surface area contributed by atoms with Crippen molar-refractivity contribution in [3.63, 3.8) is 0 Å². The molecule has 2 N–H and O–H groups in total. The van der Waals surface area contributed by atoms with Gasteiger partial charge in [0.15, 0.2) is 0 Å². The molecule has 7 heteroatoms. The van der Waals surface area contributed by atoms with E-state index < -0.39 is 0 Å². The topological polar surface area (TPSA) is 70.2 Å². The van der Waals surface area contributed by atoms with E-state index in [4.69, 9.17) is 4.74 Å². The number of likely N-dealkylation sites (tertiary alicyclic amines) is 1. The van der Waals surface area contributed by atoms with Gasteiger partial charge in [0.2, 0.25) is 0 Å². The average molecular weight is 379 g/mol. The number of methoxy groups -OCH3 is 1. The van der Waals surface area contributed by atoms with Crippen LogP contribution < -0.4 is 10.1 Å². The minimum absolute atomic E-state index is 0. The van der Waals surface area contributed by atoms with Crippen LogP contribution in [0.3, 0.4) is 0 Å². The van der Waals surface area contributed by atoms with E-state index in [0.717, 1.165) is 56.0 Å². The molecule has 1 aliphatic rings. The monoisotopic (exact) mass is 378 g/mol. The Morgan fingerprint density at radius 2 is 2.00 bits per heavy atom. The number of amides is 1. The summed E-state index contributed by atoms with van der Waals surface area (Å²) >= 11 is 0. The van der Waals surface area contributed by atoms with E-state index >= 15 is 0 Å². The van der Waals surface area contributed by atoms with Crippen LogP contribution in [-0.4, -0.2) is 54.3 Å². The number of benzene rings is 1. The lowest BCUT2D eigenvalue weighted by atomic mass is 9.96. The number of halogens is 1. The summed E-state index contributed by atoms with van der Waals surface area (Å²) in [6.07, 6.45) is 3.73. The first-order chi connectivity index (χ1) is 12.2. The summed E-state index contributed by atoms with van der Waals surface area (Å²) in [6.45, 7) is 5.78. The highest BCUT2D eigenvalue weighted by atomic mass is 35.5. The highest BCUT2D eigenvalue weighted by Gasteiger charge is 2.26. The van der Waals surface area contributed by atoms with Gasteiger partial charge in [-0.15, -0.1) is 12.4 Å². The molecular formula is C19H27ClN4O2. The molecule has 0 saturated carbocycles. The van der Waals surface area contributed by atoms with Gasteiger partial charge in [-0.3, -0.25) is 9.89 Å². The summed E-state index contributed by atoms with van der Waals surface area (Å²) in [5.74, 6) is 1.51. The van der Waals surface area contributed by atoms with Crippen molar-refractivity contribution in [1.29, 1.82) is 0 Å². The summed E-state index contributed by atoms with van der Waals surface area (Å²) in [5, 5.41) is 10.5. The Bertz CT molecular complexity index is 694. The first-order valence-electron chi connectivity index (χ1n) is 8.90. The zero-order chi connectivity index (χ0) is 17.6. The minimum Gasteiger partial charge on any atom is -0.497 e. The van der Waals surface area contributed by atoms with Gasteiger partial charge >= 0.3 is 0 Å². The van der Waals surface area contributed by atoms with Crippen LogP contribution in [-0.2, 0) is 0 Å². The first-order valence-corrected chi connectivity index (χ1v) is 8.90. The third kappa shape index (κ3) is 4.56. The Labute approximate surface area is 160 Å². The number of aromatic amines is 1. The Hall–Kier alpha value is -2.05. The van der Waals surface area contributed by atoms with Gasteiger partial charge in [0.25, 0.3) is 5.91 Å². The van der Waals surface area contributed by atoms with Crippen LogP contribution in [0.2, 0.25) is 0 Å². The fourth-order valence-corrected chi connectivity index (χ4v) is 3.29. The molecule has 2 aromatic rings. The van der Waals surface area contributed by atoms with Gasteiger partial charge < -0.3 is 15.0 Å². The van der Waals surface area contributed by atoms with Crippen molar-refractivity contribution in [2.75, 3.05) is 33.3 Å². The molecule has 142 valence electrons. The van der Waals surface area contributed by atoms with Crippen molar-refractivity contribution in [3.05, 3.63) is 36.0 Å². The molecule has 0 spiro atoms. The summed E-state index contributed by atoms with van der Waals surface area (Å²) < 4.78 is 5.19. The summed E-state index contributed by atoms with van der Waals surface area (Å²) in [6, 6.07) is 7.64. The minimum atomic E-state index is 0. The molecule has 0 atom stereocenters. The second-order valence-corrected chi connectivity index (χ2v) is 6.43. The zero-order valence-electron chi connectivity index (χ0n) is 15.3. The molecule has 1 aliphatic heterocycles. The number of hydrogen-bond acceptors (Lipinski definition) is 4. The second-order valence-electron chi connectivity index (χ2n) is 6.43. The van der Waals surface area contributed by atoms with Crippen molar-refractivity contribution in [2.24, 2.45) is 5.92 Å². The number of nitrogens with one attached hydrogen (secondary N) is 2. The van der Waals surface area contributed by atoms with E-state index in [2.05, 4.69) is 22.4 Å². The number of aromatic nitrogens is 2. The molecule has 6 nitrogen and oxygen atoms in total. The van der Waals surface area contributed by atoms with Crippen LogP contribution in [0.15, 0.2) is 30.5 Å². The van der Waals surface area contributed by atoms with E-state index in [1.807, 2.05) is 29.2 Å². The lowest BCUT2D eigenvalue weighted by molar-refractivity contribution is 0.0691. The number of rotatable bonds is 6. The average Bonchev–Trinajstić information content (AvgIpc) is 3.16. The molecule has 1 aromatic heterocycles. The Kier molecular flexibility index (Phi) is 7.48. The maximum Gasteiger partial charge on any atom is 0.257 e.